The average Bonchev–Trinajstić information content (AvgIpc) is 2.42. The van der Waals surface area contributed by atoms with Gasteiger partial charge < -0.3 is 15.8 Å². The van der Waals surface area contributed by atoms with Crippen LogP contribution in [0.5, 0.6) is 0 Å². The number of rotatable bonds is 7. The molecular weight excluding hydrogens is 238 g/mol. The summed E-state index contributed by atoms with van der Waals surface area (Å²) < 4.78 is 5.53. The van der Waals surface area contributed by atoms with E-state index in [1.165, 1.54) is 6.42 Å². The molecule has 0 saturated carbocycles. The van der Waals surface area contributed by atoms with E-state index in [1.54, 1.807) is 6.20 Å². The second-order valence-corrected chi connectivity index (χ2v) is 4.53. The van der Waals surface area contributed by atoms with Crippen molar-refractivity contribution in [3.05, 3.63) is 30.5 Å². The maximum atomic E-state index is 5.76. The van der Waals surface area contributed by atoms with Crippen LogP contribution in [0.15, 0.2) is 30.5 Å². The summed E-state index contributed by atoms with van der Waals surface area (Å²) in [5, 5.41) is 4.47. The largest absolute Gasteiger partial charge is 0.399 e. The van der Waals surface area contributed by atoms with Gasteiger partial charge in [-0.1, -0.05) is 13.3 Å². The zero-order valence-electron chi connectivity index (χ0n) is 11.4. The van der Waals surface area contributed by atoms with Crippen LogP contribution in [0.2, 0.25) is 0 Å². The third kappa shape index (κ3) is 3.83. The van der Waals surface area contributed by atoms with Crippen molar-refractivity contribution < 1.29 is 4.74 Å². The third-order valence-corrected chi connectivity index (χ3v) is 2.97. The molecule has 0 atom stereocenters. The van der Waals surface area contributed by atoms with Gasteiger partial charge in [-0.25, -0.2) is 0 Å². The summed E-state index contributed by atoms with van der Waals surface area (Å²) in [6, 6.07) is 7.76. The Bertz CT molecular complexity index is 528. The maximum absolute atomic E-state index is 5.76. The number of unbranched alkanes of at least 4 members (excludes halogenated alkanes) is 1. The number of aromatic nitrogens is 1. The molecule has 0 aliphatic rings. The van der Waals surface area contributed by atoms with Gasteiger partial charge in [-0.15, -0.1) is 0 Å². The standard InChI is InChI=1S/C15H21N3O/c1-2-3-9-19-10-8-18-14-6-7-17-15-11-12(16)4-5-13(14)15/h4-7,11H,2-3,8-10,16H2,1H3,(H,17,18). The number of anilines is 2. The quantitative estimate of drug-likeness (QED) is 0.592. The van der Waals surface area contributed by atoms with Gasteiger partial charge in [-0.05, 0) is 30.7 Å². The van der Waals surface area contributed by atoms with E-state index in [4.69, 9.17) is 10.5 Å². The molecule has 4 heteroatoms. The number of benzene rings is 1. The number of nitrogens with zero attached hydrogens (tertiary/aromatic N) is 1. The number of nitrogen functional groups attached to an aromatic ring is 1. The average molecular weight is 259 g/mol. The van der Waals surface area contributed by atoms with Gasteiger partial charge in [0.2, 0.25) is 0 Å². The Kier molecular flexibility index (Phi) is 4.98. The van der Waals surface area contributed by atoms with Crippen molar-refractivity contribution in [2.24, 2.45) is 0 Å². The van der Waals surface area contributed by atoms with Crippen LogP contribution in [0.3, 0.4) is 0 Å². The van der Waals surface area contributed by atoms with Gasteiger partial charge in [-0.3, -0.25) is 4.98 Å². The molecule has 19 heavy (non-hydrogen) atoms. The molecule has 1 aromatic heterocycles. The third-order valence-electron chi connectivity index (χ3n) is 2.97. The second-order valence-electron chi connectivity index (χ2n) is 4.53. The number of nitrogens with one attached hydrogen (secondary N) is 1. The number of nitrogens with two attached hydrogens (primary N) is 1. The highest BCUT2D eigenvalue weighted by atomic mass is 16.5. The van der Waals surface area contributed by atoms with Gasteiger partial charge >= 0.3 is 0 Å². The molecule has 0 aliphatic heterocycles. The van der Waals surface area contributed by atoms with Gasteiger partial charge in [0.15, 0.2) is 0 Å². The van der Waals surface area contributed by atoms with E-state index in [-0.39, 0.29) is 0 Å². The van der Waals surface area contributed by atoms with Gasteiger partial charge in [-0.2, -0.15) is 0 Å². The first kappa shape index (κ1) is 13.6. The first-order valence-corrected chi connectivity index (χ1v) is 6.77. The molecule has 102 valence electrons. The van der Waals surface area contributed by atoms with Crippen LogP contribution in [-0.4, -0.2) is 24.7 Å². The molecule has 0 fully saturated rings. The molecule has 3 N–H and O–H groups in total. The number of ether oxygens (including phenoxy) is 1. The fourth-order valence-corrected chi connectivity index (χ4v) is 1.93. The van der Waals surface area contributed by atoms with E-state index in [0.29, 0.717) is 0 Å². The normalized spacial score (nSPS) is 10.8. The van der Waals surface area contributed by atoms with Crippen molar-refractivity contribution in [1.29, 1.82) is 0 Å². The van der Waals surface area contributed by atoms with Crippen LogP contribution in [0, 0.1) is 0 Å². The molecule has 0 radical (unpaired) electrons. The number of hydrogen-bond donors (Lipinski definition) is 2. The minimum absolute atomic E-state index is 0.721. The van der Waals surface area contributed by atoms with E-state index in [0.717, 1.165) is 48.5 Å². The lowest BCUT2D eigenvalue weighted by Crippen LogP contribution is -2.10. The molecule has 0 aliphatic carbocycles. The Morgan fingerprint density at radius 3 is 3.00 bits per heavy atom. The predicted molar refractivity (Wildman–Crippen MR) is 80.4 cm³/mol. The molecule has 0 saturated heterocycles. The summed E-state index contributed by atoms with van der Waals surface area (Å²) >= 11 is 0. The van der Waals surface area contributed by atoms with Crippen molar-refractivity contribution in [3.63, 3.8) is 0 Å². The number of hydrogen-bond acceptors (Lipinski definition) is 4. The summed E-state index contributed by atoms with van der Waals surface area (Å²) in [5.41, 5.74) is 8.48. The van der Waals surface area contributed by atoms with Gasteiger partial charge in [0.25, 0.3) is 0 Å². The lowest BCUT2D eigenvalue weighted by Gasteiger charge is -2.10. The topological polar surface area (TPSA) is 60.2 Å². The summed E-state index contributed by atoms with van der Waals surface area (Å²) in [6.07, 6.45) is 4.09. The SMILES string of the molecule is CCCCOCCNc1ccnc2cc(N)ccc12. The smallest absolute Gasteiger partial charge is 0.0743 e. The van der Waals surface area contributed by atoms with Crippen molar-refractivity contribution in [2.45, 2.75) is 19.8 Å². The predicted octanol–water partition coefficient (Wildman–Crippen LogP) is 3.05. The van der Waals surface area contributed by atoms with Crippen LogP contribution in [0.4, 0.5) is 11.4 Å². The van der Waals surface area contributed by atoms with E-state index in [2.05, 4.69) is 17.2 Å². The zero-order valence-corrected chi connectivity index (χ0v) is 11.4. The molecule has 0 spiro atoms. The Labute approximate surface area is 114 Å². The fourth-order valence-electron chi connectivity index (χ4n) is 1.93. The zero-order chi connectivity index (χ0) is 13.5. The molecule has 1 aromatic carbocycles. The monoisotopic (exact) mass is 259 g/mol. The summed E-state index contributed by atoms with van der Waals surface area (Å²) in [6.45, 7) is 4.52. The first-order valence-electron chi connectivity index (χ1n) is 6.77. The summed E-state index contributed by atoms with van der Waals surface area (Å²) in [4.78, 5) is 4.32. The fraction of sp³-hybridized carbons (Fsp3) is 0.400. The maximum Gasteiger partial charge on any atom is 0.0743 e. The van der Waals surface area contributed by atoms with E-state index < -0.39 is 0 Å². The second kappa shape index (κ2) is 6.95. The molecule has 0 unspecified atom stereocenters. The van der Waals surface area contributed by atoms with Crippen LogP contribution >= 0.6 is 0 Å². The minimum Gasteiger partial charge on any atom is -0.399 e. The van der Waals surface area contributed by atoms with Crippen molar-refractivity contribution >= 4 is 22.3 Å². The van der Waals surface area contributed by atoms with Crippen LogP contribution < -0.4 is 11.1 Å². The first-order chi connectivity index (χ1) is 9.31. The molecule has 0 bridgehead atoms. The van der Waals surface area contributed by atoms with E-state index in [9.17, 15) is 0 Å². The lowest BCUT2D eigenvalue weighted by molar-refractivity contribution is 0.141. The van der Waals surface area contributed by atoms with Crippen molar-refractivity contribution in [1.82, 2.24) is 4.98 Å². The van der Waals surface area contributed by atoms with E-state index >= 15 is 0 Å². The highest BCUT2D eigenvalue weighted by Crippen LogP contribution is 2.22. The minimum atomic E-state index is 0.721. The van der Waals surface area contributed by atoms with Crippen molar-refractivity contribution in [2.75, 3.05) is 30.8 Å². The Morgan fingerprint density at radius 1 is 1.26 bits per heavy atom. The highest BCUT2D eigenvalue weighted by Gasteiger charge is 2.01. The van der Waals surface area contributed by atoms with Crippen molar-refractivity contribution in [3.8, 4) is 0 Å². The lowest BCUT2D eigenvalue weighted by atomic mass is 10.1. The molecule has 2 rings (SSSR count). The van der Waals surface area contributed by atoms with Crippen LogP contribution in [0.1, 0.15) is 19.8 Å². The van der Waals surface area contributed by atoms with Gasteiger partial charge in [0.1, 0.15) is 0 Å². The molecule has 1 heterocycles. The Morgan fingerprint density at radius 2 is 2.16 bits per heavy atom. The van der Waals surface area contributed by atoms with Crippen LogP contribution in [0.25, 0.3) is 10.9 Å². The van der Waals surface area contributed by atoms with Crippen LogP contribution in [-0.2, 0) is 4.74 Å². The Balaban J connectivity index is 1.93. The summed E-state index contributed by atoms with van der Waals surface area (Å²) in [7, 11) is 0. The molecule has 4 nitrogen and oxygen atoms in total. The number of pyridine rings is 1. The number of fused-ring (bicyclic) bond motifs is 1. The van der Waals surface area contributed by atoms with Gasteiger partial charge in [0.05, 0.1) is 12.1 Å². The molecular formula is C15H21N3O. The Hall–Kier alpha value is -1.81. The van der Waals surface area contributed by atoms with E-state index in [1.807, 2.05) is 24.3 Å². The summed E-state index contributed by atoms with van der Waals surface area (Å²) in [5.74, 6) is 0. The highest BCUT2D eigenvalue weighted by molar-refractivity contribution is 5.92. The molecule has 0 amide bonds. The van der Waals surface area contributed by atoms with Gasteiger partial charge in [0, 0.05) is 36.1 Å². The molecule has 2 aromatic rings.